The second-order valence-corrected chi connectivity index (χ2v) is 4.90. The second kappa shape index (κ2) is 7.36. The van der Waals surface area contributed by atoms with Crippen molar-refractivity contribution in [2.24, 2.45) is 0 Å². The summed E-state index contributed by atoms with van der Waals surface area (Å²) in [7, 11) is 0. The summed E-state index contributed by atoms with van der Waals surface area (Å²) in [4.78, 5) is 25.2. The van der Waals surface area contributed by atoms with Crippen molar-refractivity contribution in [1.82, 2.24) is 10.2 Å². The van der Waals surface area contributed by atoms with Crippen LogP contribution in [0.5, 0.6) is 0 Å². The number of ether oxygens (including phenoxy) is 1. The Morgan fingerprint density at radius 1 is 1.56 bits per heavy atom. The number of hydrogen-bond donors (Lipinski definition) is 1. The lowest BCUT2D eigenvalue weighted by atomic mass is 10.0. The van der Waals surface area contributed by atoms with Crippen LogP contribution in [0.4, 0.5) is 0 Å². The number of esters is 1. The molecule has 1 amide bonds. The third-order valence-electron chi connectivity index (χ3n) is 2.96. The third kappa shape index (κ3) is 4.64. The molecule has 1 rings (SSSR count). The van der Waals surface area contributed by atoms with Gasteiger partial charge in [0.15, 0.2) is 0 Å². The molecule has 0 aliphatic carbocycles. The molecule has 18 heavy (non-hydrogen) atoms. The van der Waals surface area contributed by atoms with E-state index in [1.165, 1.54) is 0 Å². The van der Waals surface area contributed by atoms with Crippen LogP contribution in [-0.4, -0.2) is 48.6 Å². The minimum absolute atomic E-state index is 0.0963. The highest BCUT2D eigenvalue weighted by Gasteiger charge is 2.28. The Labute approximate surface area is 109 Å². The number of rotatable bonds is 6. The molecule has 1 heterocycles. The molecule has 1 saturated heterocycles. The van der Waals surface area contributed by atoms with Gasteiger partial charge >= 0.3 is 5.97 Å². The van der Waals surface area contributed by atoms with Gasteiger partial charge in [0, 0.05) is 19.1 Å². The SMILES string of the molecule is CCOC(=O)CCN1CCCC(NC(C)C)C1=O. The van der Waals surface area contributed by atoms with Gasteiger partial charge < -0.3 is 15.0 Å². The quantitative estimate of drug-likeness (QED) is 0.718. The van der Waals surface area contributed by atoms with E-state index >= 15 is 0 Å². The lowest BCUT2D eigenvalue weighted by Gasteiger charge is -2.33. The van der Waals surface area contributed by atoms with E-state index in [0.29, 0.717) is 19.2 Å². The Hall–Kier alpha value is -1.10. The number of piperidine rings is 1. The van der Waals surface area contributed by atoms with Crippen LogP contribution in [0.15, 0.2) is 0 Å². The number of nitrogens with one attached hydrogen (secondary N) is 1. The summed E-state index contributed by atoms with van der Waals surface area (Å²) in [5.74, 6) is -0.122. The Kier molecular flexibility index (Phi) is 6.12. The summed E-state index contributed by atoms with van der Waals surface area (Å²) in [6, 6.07) is 0.199. The molecule has 0 radical (unpaired) electrons. The van der Waals surface area contributed by atoms with Gasteiger partial charge in [-0.2, -0.15) is 0 Å². The first kappa shape index (κ1) is 15.0. The van der Waals surface area contributed by atoms with E-state index in [9.17, 15) is 9.59 Å². The van der Waals surface area contributed by atoms with Crippen LogP contribution in [0.25, 0.3) is 0 Å². The largest absolute Gasteiger partial charge is 0.466 e. The summed E-state index contributed by atoms with van der Waals surface area (Å²) in [5, 5.41) is 3.27. The highest BCUT2D eigenvalue weighted by molar-refractivity contribution is 5.83. The standard InChI is InChI=1S/C13H24N2O3/c1-4-18-12(16)7-9-15-8-5-6-11(13(15)17)14-10(2)3/h10-11,14H,4-9H2,1-3H3. The molecule has 0 aromatic rings. The van der Waals surface area contributed by atoms with Crippen LogP contribution in [0.3, 0.4) is 0 Å². The van der Waals surface area contributed by atoms with Gasteiger partial charge in [0.2, 0.25) is 5.91 Å². The third-order valence-corrected chi connectivity index (χ3v) is 2.96. The molecular weight excluding hydrogens is 232 g/mol. The number of carbonyl (C=O) groups excluding carboxylic acids is 2. The van der Waals surface area contributed by atoms with E-state index < -0.39 is 0 Å². The van der Waals surface area contributed by atoms with E-state index in [1.807, 2.05) is 13.8 Å². The zero-order valence-electron chi connectivity index (χ0n) is 11.6. The number of amides is 1. The molecule has 0 aromatic heterocycles. The predicted octanol–water partition coefficient (Wildman–Crippen LogP) is 0.929. The Balaban J connectivity index is 2.41. The smallest absolute Gasteiger partial charge is 0.307 e. The van der Waals surface area contributed by atoms with Gasteiger partial charge in [0.25, 0.3) is 0 Å². The first-order valence-corrected chi connectivity index (χ1v) is 6.75. The van der Waals surface area contributed by atoms with Gasteiger partial charge in [0.05, 0.1) is 19.1 Å². The van der Waals surface area contributed by atoms with Crippen LogP contribution in [0, 0.1) is 0 Å². The van der Waals surface area contributed by atoms with Crippen molar-refractivity contribution in [3.05, 3.63) is 0 Å². The van der Waals surface area contributed by atoms with Crippen molar-refractivity contribution >= 4 is 11.9 Å². The molecule has 1 atom stereocenters. The first-order valence-electron chi connectivity index (χ1n) is 6.75. The van der Waals surface area contributed by atoms with Crippen molar-refractivity contribution in [1.29, 1.82) is 0 Å². The summed E-state index contributed by atoms with van der Waals surface area (Å²) in [6.45, 7) is 7.45. The molecule has 0 aromatic carbocycles. The number of hydrogen-bond acceptors (Lipinski definition) is 4. The highest BCUT2D eigenvalue weighted by Crippen LogP contribution is 2.13. The van der Waals surface area contributed by atoms with E-state index in [4.69, 9.17) is 4.74 Å². The van der Waals surface area contributed by atoms with Crippen molar-refractivity contribution in [2.45, 2.75) is 52.1 Å². The van der Waals surface area contributed by atoms with E-state index in [-0.39, 0.29) is 24.3 Å². The Bertz CT molecular complexity index is 292. The van der Waals surface area contributed by atoms with Crippen molar-refractivity contribution in [3.63, 3.8) is 0 Å². The van der Waals surface area contributed by atoms with Gasteiger partial charge in [-0.15, -0.1) is 0 Å². The maximum absolute atomic E-state index is 12.1. The molecule has 0 spiro atoms. The molecule has 5 heteroatoms. The van der Waals surface area contributed by atoms with E-state index in [0.717, 1.165) is 19.4 Å². The van der Waals surface area contributed by atoms with Crippen molar-refractivity contribution in [3.8, 4) is 0 Å². The minimum Gasteiger partial charge on any atom is -0.466 e. The molecule has 1 unspecified atom stereocenters. The summed E-state index contributed by atoms with van der Waals surface area (Å²) < 4.78 is 4.87. The molecule has 5 nitrogen and oxygen atoms in total. The fraction of sp³-hybridized carbons (Fsp3) is 0.846. The Morgan fingerprint density at radius 2 is 2.28 bits per heavy atom. The molecule has 1 N–H and O–H groups in total. The fourth-order valence-corrected chi connectivity index (χ4v) is 2.18. The average molecular weight is 256 g/mol. The second-order valence-electron chi connectivity index (χ2n) is 4.90. The molecule has 1 aliphatic rings. The van der Waals surface area contributed by atoms with Gasteiger partial charge in [-0.25, -0.2) is 0 Å². The molecule has 1 fully saturated rings. The number of nitrogens with zero attached hydrogens (tertiary/aromatic N) is 1. The summed E-state index contributed by atoms with van der Waals surface area (Å²) in [5.41, 5.74) is 0. The van der Waals surface area contributed by atoms with Crippen LogP contribution in [0.1, 0.15) is 40.0 Å². The minimum atomic E-state index is -0.232. The summed E-state index contributed by atoms with van der Waals surface area (Å²) in [6.07, 6.45) is 2.15. The molecule has 0 bridgehead atoms. The zero-order valence-corrected chi connectivity index (χ0v) is 11.6. The maximum atomic E-state index is 12.1. The molecule has 0 saturated carbocycles. The first-order chi connectivity index (χ1) is 8.54. The van der Waals surface area contributed by atoms with Gasteiger partial charge in [0.1, 0.15) is 0 Å². The number of carbonyl (C=O) groups is 2. The topological polar surface area (TPSA) is 58.6 Å². The molecular formula is C13H24N2O3. The number of likely N-dealkylation sites (tertiary alicyclic amines) is 1. The zero-order chi connectivity index (χ0) is 13.5. The normalized spacial score (nSPS) is 20.3. The van der Waals surface area contributed by atoms with Gasteiger partial charge in [-0.3, -0.25) is 9.59 Å². The van der Waals surface area contributed by atoms with Gasteiger partial charge in [-0.05, 0) is 19.8 Å². The molecule has 1 aliphatic heterocycles. The summed E-state index contributed by atoms with van der Waals surface area (Å²) >= 11 is 0. The van der Waals surface area contributed by atoms with E-state index in [2.05, 4.69) is 5.32 Å². The van der Waals surface area contributed by atoms with Crippen molar-refractivity contribution < 1.29 is 14.3 Å². The van der Waals surface area contributed by atoms with Crippen LogP contribution >= 0.6 is 0 Å². The predicted molar refractivity (Wildman–Crippen MR) is 69.1 cm³/mol. The van der Waals surface area contributed by atoms with Crippen LogP contribution in [-0.2, 0) is 14.3 Å². The van der Waals surface area contributed by atoms with Crippen LogP contribution < -0.4 is 5.32 Å². The molecule has 104 valence electrons. The van der Waals surface area contributed by atoms with E-state index in [1.54, 1.807) is 11.8 Å². The van der Waals surface area contributed by atoms with Crippen molar-refractivity contribution in [2.75, 3.05) is 19.7 Å². The monoisotopic (exact) mass is 256 g/mol. The highest BCUT2D eigenvalue weighted by atomic mass is 16.5. The Morgan fingerprint density at radius 3 is 2.89 bits per heavy atom. The van der Waals surface area contributed by atoms with Crippen LogP contribution in [0.2, 0.25) is 0 Å². The fourth-order valence-electron chi connectivity index (χ4n) is 2.18. The maximum Gasteiger partial charge on any atom is 0.307 e. The van der Waals surface area contributed by atoms with Gasteiger partial charge in [-0.1, -0.05) is 13.8 Å². The lowest BCUT2D eigenvalue weighted by Crippen LogP contribution is -2.52. The average Bonchev–Trinajstić information content (AvgIpc) is 2.30. The lowest BCUT2D eigenvalue weighted by molar-refractivity contribution is -0.144.